The molecule has 1 amide bonds. The molecule has 1 N–H and O–H groups in total. The largest absolute Gasteiger partial charge is 0.403 e. The number of hydrogen-bond acceptors (Lipinski definition) is 5. The van der Waals surface area contributed by atoms with Gasteiger partial charge in [0.1, 0.15) is 0 Å². The highest BCUT2D eigenvalue weighted by Crippen LogP contribution is 2.21. The molecule has 0 atom stereocenters. The number of likely N-dealkylation sites (N-methyl/N-ethyl adjacent to an activating group) is 1. The molecule has 1 heterocycles. The fraction of sp³-hybridized carbons (Fsp3) is 0.167. The van der Waals surface area contributed by atoms with Crippen LogP contribution in [-0.2, 0) is 11.3 Å². The highest BCUT2D eigenvalue weighted by atomic mass is 35.5. The van der Waals surface area contributed by atoms with E-state index in [1.54, 1.807) is 24.3 Å². The molecule has 6 nitrogen and oxygen atoms in total. The lowest BCUT2D eigenvalue weighted by molar-refractivity contribution is -0.117. The van der Waals surface area contributed by atoms with Gasteiger partial charge < -0.3 is 4.42 Å². The van der Waals surface area contributed by atoms with E-state index in [4.69, 9.17) is 16.0 Å². The standard InChI is InChI=1S/C18H17ClN4O2/c1-23(11-13-5-3-2-4-6-13)12-16(24)20-18-22-21-17(25-18)14-7-9-15(19)10-8-14/h2-10H,11-12H2,1H3,(H,20,22,24). The van der Waals surface area contributed by atoms with Crippen molar-refractivity contribution in [1.29, 1.82) is 0 Å². The number of carbonyl (C=O) groups excluding carboxylic acids is 1. The fourth-order valence-electron chi connectivity index (χ4n) is 2.34. The molecule has 25 heavy (non-hydrogen) atoms. The fourth-order valence-corrected chi connectivity index (χ4v) is 2.46. The Bertz CT molecular complexity index is 834. The summed E-state index contributed by atoms with van der Waals surface area (Å²) in [6.45, 7) is 0.891. The molecule has 0 saturated heterocycles. The Morgan fingerprint density at radius 3 is 2.56 bits per heavy atom. The number of carbonyl (C=O) groups is 1. The van der Waals surface area contributed by atoms with Crippen LogP contribution in [0.25, 0.3) is 11.5 Å². The molecule has 3 rings (SSSR count). The first-order chi connectivity index (χ1) is 12.1. The number of anilines is 1. The number of benzene rings is 2. The Labute approximate surface area is 150 Å². The lowest BCUT2D eigenvalue weighted by Crippen LogP contribution is -2.29. The van der Waals surface area contributed by atoms with Gasteiger partial charge in [-0.25, -0.2) is 0 Å². The van der Waals surface area contributed by atoms with E-state index in [1.165, 1.54) is 0 Å². The van der Waals surface area contributed by atoms with Crippen LogP contribution in [0.1, 0.15) is 5.56 Å². The second-order valence-corrected chi connectivity index (χ2v) is 6.06. The van der Waals surface area contributed by atoms with Crippen molar-refractivity contribution in [2.45, 2.75) is 6.54 Å². The summed E-state index contributed by atoms with van der Waals surface area (Å²) in [6, 6.07) is 17.0. The number of halogens is 1. The molecular formula is C18H17ClN4O2. The predicted octanol–water partition coefficient (Wildman–Crippen LogP) is 3.46. The molecular weight excluding hydrogens is 340 g/mol. The van der Waals surface area contributed by atoms with Gasteiger partial charge in [-0.15, -0.1) is 5.10 Å². The molecule has 0 saturated carbocycles. The highest BCUT2D eigenvalue weighted by Gasteiger charge is 2.13. The van der Waals surface area contributed by atoms with Gasteiger partial charge in [-0.2, -0.15) is 0 Å². The van der Waals surface area contributed by atoms with E-state index in [2.05, 4.69) is 15.5 Å². The molecule has 0 fully saturated rings. The van der Waals surface area contributed by atoms with Gasteiger partial charge in [0.05, 0.1) is 6.54 Å². The maximum absolute atomic E-state index is 12.1. The van der Waals surface area contributed by atoms with Gasteiger partial charge in [0.15, 0.2) is 0 Å². The summed E-state index contributed by atoms with van der Waals surface area (Å²) in [6.07, 6.45) is 0. The first-order valence-corrected chi connectivity index (χ1v) is 8.10. The molecule has 0 aliphatic heterocycles. The zero-order valence-electron chi connectivity index (χ0n) is 13.6. The zero-order valence-corrected chi connectivity index (χ0v) is 14.4. The van der Waals surface area contributed by atoms with Gasteiger partial charge in [0.25, 0.3) is 0 Å². The number of nitrogens with one attached hydrogen (secondary N) is 1. The Hall–Kier alpha value is -2.70. The number of aromatic nitrogens is 2. The van der Waals surface area contributed by atoms with E-state index in [1.807, 2.05) is 42.3 Å². The maximum atomic E-state index is 12.1. The molecule has 0 radical (unpaired) electrons. The Morgan fingerprint density at radius 1 is 1.12 bits per heavy atom. The van der Waals surface area contributed by atoms with Crippen LogP contribution in [-0.4, -0.2) is 34.6 Å². The summed E-state index contributed by atoms with van der Waals surface area (Å²) in [5, 5.41) is 11.0. The molecule has 2 aromatic carbocycles. The minimum Gasteiger partial charge on any atom is -0.403 e. The van der Waals surface area contributed by atoms with E-state index >= 15 is 0 Å². The van der Waals surface area contributed by atoms with Crippen molar-refractivity contribution < 1.29 is 9.21 Å². The predicted molar refractivity (Wildman–Crippen MR) is 96.1 cm³/mol. The maximum Gasteiger partial charge on any atom is 0.322 e. The zero-order chi connectivity index (χ0) is 17.6. The number of amides is 1. The van der Waals surface area contributed by atoms with Crippen LogP contribution >= 0.6 is 11.6 Å². The van der Waals surface area contributed by atoms with Crippen molar-refractivity contribution in [1.82, 2.24) is 15.1 Å². The molecule has 3 aromatic rings. The third kappa shape index (κ3) is 4.89. The van der Waals surface area contributed by atoms with Crippen molar-refractivity contribution in [3.8, 4) is 11.5 Å². The molecule has 128 valence electrons. The van der Waals surface area contributed by atoms with Crippen LogP contribution < -0.4 is 5.32 Å². The van der Waals surface area contributed by atoms with Crippen molar-refractivity contribution in [3.05, 3.63) is 65.2 Å². The smallest absolute Gasteiger partial charge is 0.322 e. The minimum atomic E-state index is -0.218. The molecule has 0 bridgehead atoms. The first kappa shape index (κ1) is 17.1. The molecule has 0 aliphatic carbocycles. The molecule has 0 spiro atoms. The Kier molecular flexibility index (Phi) is 5.42. The van der Waals surface area contributed by atoms with Gasteiger partial charge in [-0.3, -0.25) is 15.0 Å². The van der Waals surface area contributed by atoms with Crippen LogP contribution in [0.15, 0.2) is 59.0 Å². The van der Waals surface area contributed by atoms with Crippen molar-refractivity contribution in [3.63, 3.8) is 0 Å². The van der Waals surface area contributed by atoms with E-state index in [9.17, 15) is 4.79 Å². The van der Waals surface area contributed by atoms with Gasteiger partial charge in [0, 0.05) is 17.1 Å². The minimum absolute atomic E-state index is 0.0723. The lowest BCUT2D eigenvalue weighted by atomic mass is 10.2. The summed E-state index contributed by atoms with van der Waals surface area (Å²) in [5.41, 5.74) is 1.87. The number of hydrogen-bond donors (Lipinski definition) is 1. The van der Waals surface area contributed by atoms with Crippen LogP contribution in [0.5, 0.6) is 0 Å². The van der Waals surface area contributed by atoms with Crippen LogP contribution in [0, 0.1) is 0 Å². The Balaban J connectivity index is 1.55. The second kappa shape index (κ2) is 7.92. The van der Waals surface area contributed by atoms with Crippen molar-refractivity contribution >= 4 is 23.5 Å². The summed E-state index contributed by atoms with van der Waals surface area (Å²) in [4.78, 5) is 14.0. The average Bonchev–Trinajstić information content (AvgIpc) is 3.04. The SMILES string of the molecule is CN(CC(=O)Nc1nnc(-c2ccc(Cl)cc2)o1)Cc1ccccc1. The van der Waals surface area contributed by atoms with E-state index in [0.29, 0.717) is 17.5 Å². The third-order valence-corrected chi connectivity index (χ3v) is 3.72. The van der Waals surface area contributed by atoms with Crippen LogP contribution in [0.3, 0.4) is 0 Å². The highest BCUT2D eigenvalue weighted by molar-refractivity contribution is 6.30. The topological polar surface area (TPSA) is 71.3 Å². The molecule has 1 aromatic heterocycles. The van der Waals surface area contributed by atoms with E-state index < -0.39 is 0 Å². The van der Waals surface area contributed by atoms with Crippen molar-refractivity contribution in [2.24, 2.45) is 0 Å². The number of nitrogens with zero attached hydrogens (tertiary/aromatic N) is 3. The summed E-state index contributed by atoms with van der Waals surface area (Å²) in [5.74, 6) is 0.106. The summed E-state index contributed by atoms with van der Waals surface area (Å²) in [7, 11) is 1.87. The summed E-state index contributed by atoms with van der Waals surface area (Å²) >= 11 is 5.85. The lowest BCUT2D eigenvalue weighted by Gasteiger charge is -2.15. The first-order valence-electron chi connectivity index (χ1n) is 7.72. The van der Waals surface area contributed by atoms with Crippen molar-refractivity contribution in [2.75, 3.05) is 18.9 Å². The quantitative estimate of drug-likeness (QED) is 0.732. The Morgan fingerprint density at radius 2 is 1.84 bits per heavy atom. The second-order valence-electron chi connectivity index (χ2n) is 5.63. The van der Waals surface area contributed by atoms with E-state index in [0.717, 1.165) is 11.1 Å². The third-order valence-electron chi connectivity index (χ3n) is 3.47. The van der Waals surface area contributed by atoms with Gasteiger partial charge in [-0.1, -0.05) is 47.0 Å². The molecule has 0 aliphatic rings. The normalized spacial score (nSPS) is 10.8. The van der Waals surface area contributed by atoms with Gasteiger partial charge in [0.2, 0.25) is 11.8 Å². The van der Waals surface area contributed by atoms with Gasteiger partial charge >= 0.3 is 6.01 Å². The van der Waals surface area contributed by atoms with Gasteiger partial charge in [-0.05, 0) is 36.9 Å². The van der Waals surface area contributed by atoms with E-state index in [-0.39, 0.29) is 18.5 Å². The molecule has 7 heteroatoms. The number of rotatable bonds is 6. The summed E-state index contributed by atoms with van der Waals surface area (Å²) < 4.78 is 5.46. The van der Waals surface area contributed by atoms with Crippen LogP contribution in [0.2, 0.25) is 5.02 Å². The van der Waals surface area contributed by atoms with Crippen LogP contribution in [0.4, 0.5) is 6.01 Å². The average molecular weight is 357 g/mol. The monoisotopic (exact) mass is 356 g/mol. The molecule has 0 unspecified atom stereocenters.